The van der Waals surface area contributed by atoms with Crippen molar-refractivity contribution >= 4 is 56.6 Å². The standard InChI is InChI=1S/C27H40N4O11.C8H17NO.6C2H6.CH5P/c1-3-4-18(2)27(42)28-20-7-5-19(6-8-20)11-21(31(16-25(38)39)17-26(40)41)12-29(13-22(32)33)9-10-30(14-23(34)35)15-24(36)37;1-6(2)5-8(3,4)7(9)10;7*1-2/h5-8,18,21H,3-4,9-17H2,1-2H3,(H,28,42)(H,32,33)(H,34,35)(H,36,37)(H,38,39)(H,40,41);6H,5H2,1-4H3,(H2,9,10);6*1-2H3;2H2,1H3. The van der Waals surface area contributed by atoms with Crippen LogP contribution < -0.4 is 11.1 Å². The molecule has 1 aromatic carbocycles. The average Bonchev–Trinajstić information content (AvgIpc) is 3.26. The summed E-state index contributed by atoms with van der Waals surface area (Å²) in [5.41, 5.74) is 6.04. The van der Waals surface area contributed by atoms with Gasteiger partial charge < -0.3 is 36.6 Å². The summed E-state index contributed by atoms with van der Waals surface area (Å²) < 4.78 is 0. The summed E-state index contributed by atoms with van der Waals surface area (Å²) in [6, 6.07) is 5.89. The summed E-state index contributed by atoms with van der Waals surface area (Å²) >= 11 is 0. The molecule has 0 aliphatic carbocycles. The van der Waals surface area contributed by atoms with Crippen LogP contribution in [-0.4, -0.2) is 147 Å². The fourth-order valence-corrected chi connectivity index (χ4v) is 5.52. The summed E-state index contributed by atoms with van der Waals surface area (Å²) in [6.45, 7) is 34.3. The number of nitrogens with zero attached hydrogens (tertiary/aromatic N) is 3. The number of nitrogens with two attached hydrogens (primary N) is 1. The van der Waals surface area contributed by atoms with Gasteiger partial charge in [0.1, 0.15) is 0 Å². The fourth-order valence-electron chi connectivity index (χ4n) is 5.52. The molecule has 0 bridgehead atoms. The Labute approximate surface area is 402 Å². The lowest BCUT2D eigenvalue weighted by Gasteiger charge is -2.34. The van der Waals surface area contributed by atoms with Crippen LogP contribution >= 0.6 is 9.24 Å². The molecule has 1 rings (SSSR count). The van der Waals surface area contributed by atoms with Crippen LogP contribution in [0.3, 0.4) is 0 Å². The second kappa shape index (κ2) is 53.4. The molecule has 3 unspecified atom stereocenters. The second-order valence-corrected chi connectivity index (χ2v) is 13.9. The van der Waals surface area contributed by atoms with Crippen LogP contribution in [0.1, 0.15) is 149 Å². The molecule has 66 heavy (non-hydrogen) atoms. The van der Waals surface area contributed by atoms with Crippen molar-refractivity contribution in [3.8, 4) is 0 Å². The number of primary amides is 1. The number of carbonyl (C=O) groups is 7. The van der Waals surface area contributed by atoms with Crippen molar-refractivity contribution in [2.75, 3.05) is 64.3 Å². The van der Waals surface area contributed by atoms with Crippen molar-refractivity contribution in [2.45, 2.75) is 156 Å². The molecule has 0 aliphatic rings. The van der Waals surface area contributed by atoms with Crippen LogP contribution in [0, 0.1) is 17.3 Å². The van der Waals surface area contributed by atoms with Crippen LogP contribution in [0.4, 0.5) is 5.69 Å². The van der Waals surface area contributed by atoms with Gasteiger partial charge in [0.25, 0.3) is 0 Å². The number of nitrogens with one attached hydrogen (secondary N) is 1. The van der Waals surface area contributed by atoms with Crippen molar-refractivity contribution < 1.29 is 59.1 Å². The van der Waals surface area contributed by atoms with Crippen LogP contribution in [-0.2, 0) is 40.0 Å². The van der Waals surface area contributed by atoms with Gasteiger partial charge in [-0.1, -0.05) is 150 Å². The average molecular weight is 968 g/mol. The number of anilines is 1. The normalized spacial score (nSPS) is 10.5. The van der Waals surface area contributed by atoms with Gasteiger partial charge in [-0.25, -0.2) is 0 Å². The van der Waals surface area contributed by atoms with Crippen LogP contribution in [0.5, 0.6) is 0 Å². The first-order valence-corrected chi connectivity index (χ1v) is 24.8. The molecule has 0 heterocycles. The third-order valence-electron chi connectivity index (χ3n) is 7.92. The molecule has 0 spiro atoms. The van der Waals surface area contributed by atoms with E-state index >= 15 is 0 Å². The molecule has 17 nitrogen and oxygen atoms in total. The summed E-state index contributed by atoms with van der Waals surface area (Å²) in [7, 11) is 2.42. The number of hydrogen-bond donors (Lipinski definition) is 7. The zero-order chi connectivity index (χ0) is 54.2. The number of carbonyl (C=O) groups excluding carboxylic acids is 2. The number of carboxylic acids is 5. The van der Waals surface area contributed by atoms with E-state index in [0.717, 1.165) is 24.2 Å². The quantitative estimate of drug-likeness (QED) is 0.0453. The van der Waals surface area contributed by atoms with Crippen molar-refractivity contribution in [1.29, 1.82) is 0 Å². The molecule has 0 saturated heterocycles. The van der Waals surface area contributed by atoms with E-state index in [1.807, 2.05) is 117 Å². The second-order valence-electron chi connectivity index (χ2n) is 13.9. The lowest BCUT2D eigenvalue weighted by Crippen LogP contribution is -2.51. The van der Waals surface area contributed by atoms with Gasteiger partial charge in [-0.15, -0.1) is 9.24 Å². The molecule has 18 heteroatoms. The van der Waals surface area contributed by atoms with Gasteiger partial charge in [-0.2, -0.15) is 0 Å². The molecule has 0 aliphatic heterocycles. The van der Waals surface area contributed by atoms with Gasteiger partial charge >= 0.3 is 29.8 Å². The van der Waals surface area contributed by atoms with E-state index < -0.39 is 68.6 Å². The van der Waals surface area contributed by atoms with Gasteiger partial charge in [0.05, 0.1) is 32.7 Å². The highest BCUT2D eigenvalue weighted by Gasteiger charge is 2.28. The minimum atomic E-state index is -1.29. The molecular weight excluding hydrogens is 870 g/mol. The smallest absolute Gasteiger partial charge is 0.317 e. The molecule has 392 valence electrons. The number of benzene rings is 1. The molecule has 0 aromatic heterocycles. The number of hydrogen-bond acceptors (Lipinski definition) is 10. The summed E-state index contributed by atoms with van der Waals surface area (Å²) in [5.74, 6) is -6.36. The van der Waals surface area contributed by atoms with E-state index in [1.54, 1.807) is 24.3 Å². The maximum Gasteiger partial charge on any atom is 0.317 e. The highest BCUT2D eigenvalue weighted by atomic mass is 31.0. The van der Waals surface area contributed by atoms with E-state index in [0.29, 0.717) is 17.2 Å². The zero-order valence-electron chi connectivity index (χ0n) is 44.6. The first-order chi connectivity index (χ1) is 31.1. The Morgan fingerprint density at radius 2 is 0.970 bits per heavy atom. The number of rotatable bonds is 25. The van der Waals surface area contributed by atoms with Crippen LogP contribution in [0.2, 0.25) is 0 Å². The molecule has 0 saturated carbocycles. The third kappa shape index (κ3) is 49.3. The number of carboxylic acid groups (broad SMARTS) is 5. The molecule has 0 fully saturated rings. The largest absolute Gasteiger partial charge is 0.480 e. The third-order valence-corrected chi connectivity index (χ3v) is 7.92. The SMILES string of the molecule is CC.CC.CC.CC.CC.CC.CC(C)CC(C)(C)C(N)=O.CCCC(C)C(=O)Nc1ccc(CC(CN(CCN(CC(=O)O)CC(=O)O)CC(=O)O)N(CC(=O)O)CC(=O)O)cc1.CP. The first kappa shape index (κ1) is 78.9. The minimum absolute atomic E-state index is 0.0851. The van der Waals surface area contributed by atoms with Gasteiger partial charge in [0.15, 0.2) is 0 Å². The lowest BCUT2D eigenvalue weighted by molar-refractivity contribution is -0.144. The Morgan fingerprint density at radius 1 is 0.621 bits per heavy atom. The predicted octanol–water partition coefficient (Wildman–Crippen LogP) is 8.49. The number of aliphatic carboxylic acids is 5. The molecule has 3 atom stereocenters. The molecular formula is C48H98N5O12P. The van der Waals surface area contributed by atoms with Gasteiger partial charge in [0.2, 0.25) is 11.8 Å². The van der Waals surface area contributed by atoms with E-state index in [1.165, 1.54) is 9.80 Å². The predicted molar refractivity (Wildman–Crippen MR) is 275 cm³/mol. The zero-order valence-corrected chi connectivity index (χ0v) is 45.8. The Kier molecular flexibility index (Phi) is 63.9. The topological polar surface area (TPSA) is 268 Å². The Balaban J connectivity index is -0.000000195. The molecule has 8 N–H and O–H groups in total. The maximum absolute atomic E-state index is 12.3. The molecule has 1 aromatic rings. The van der Waals surface area contributed by atoms with E-state index in [9.17, 15) is 48.9 Å². The van der Waals surface area contributed by atoms with Crippen LogP contribution in [0.25, 0.3) is 0 Å². The van der Waals surface area contributed by atoms with Crippen LogP contribution in [0.15, 0.2) is 24.3 Å². The highest BCUT2D eigenvalue weighted by Crippen LogP contribution is 2.24. The highest BCUT2D eigenvalue weighted by molar-refractivity contribution is 7.15. The van der Waals surface area contributed by atoms with Crippen molar-refractivity contribution in [2.24, 2.45) is 23.0 Å². The fraction of sp³-hybridized carbons (Fsp3) is 0.729. The number of amides is 2. The summed E-state index contributed by atoms with van der Waals surface area (Å²) in [5, 5.41) is 49.4. The van der Waals surface area contributed by atoms with E-state index in [-0.39, 0.29) is 49.2 Å². The first-order valence-electron chi connectivity index (χ1n) is 23.6. The molecule has 0 radical (unpaired) electrons. The minimum Gasteiger partial charge on any atom is -0.480 e. The summed E-state index contributed by atoms with van der Waals surface area (Å²) in [6.07, 6.45) is 2.56. The Bertz CT molecular complexity index is 1320. The van der Waals surface area contributed by atoms with Crippen molar-refractivity contribution in [1.82, 2.24) is 14.7 Å². The van der Waals surface area contributed by atoms with Gasteiger partial charge in [-0.3, -0.25) is 48.3 Å². The Hall–Kier alpha value is -4.18. The van der Waals surface area contributed by atoms with Gasteiger partial charge in [0, 0.05) is 42.7 Å². The monoisotopic (exact) mass is 968 g/mol. The molecule has 2 amide bonds. The lowest BCUT2D eigenvalue weighted by atomic mass is 9.83. The van der Waals surface area contributed by atoms with Gasteiger partial charge in [-0.05, 0) is 42.9 Å². The van der Waals surface area contributed by atoms with E-state index in [2.05, 4.69) is 28.4 Å². The maximum atomic E-state index is 12.3. The van der Waals surface area contributed by atoms with Crippen molar-refractivity contribution in [3.63, 3.8) is 0 Å². The Morgan fingerprint density at radius 3 is 1.27 bits per heavy atom. The van der Waals surface area contributed by atoms with Crippen molar-refractivity contribution in [3.05, 3.63) is 29.8 Å². The summed E-state index contributed by atoms with van der Waals surface area (Å²) in [4.78, 5) is 83.9. The van der Waals surface area contributed by atoms with E-state index in [4.69, 9.17) is 15.9 Å².